The maximum Gasteiger partial charge on any atom is 0.338 e. The number of methoxy groups -OCH3 is 1. The monoisotopic (exact) mass is 631 g/mol. The number of rotatable bonds is 8. The van der Waals surface area contributed by atoms with Crippen molar-refractivity contribution in [1.29, 1.82) is 0 Å². The molecular weight excluding hydrogens is 606 g/mol. The molecule has 3 aromatic rings. The lowest BCUT2D eigenvalue weighted by atomic mass is 9.95. The smallest absolute Gasteiger partial charge is 0.338 e. The van der Waals surface area contributed by atoms with Crippen molar-refractivity contribution in [1.82, 2.24) is 4.57 Å². The van der Waals surface area contributed by atoms with Gasteiger partial charge in [0.2, 0.25) is 0 Å². The number of ether oxygens (including phenoxy) is 3. The van der Waals surface area contributed by atoms with Crippen LogP contribution < -0.4 is 24.4 Å². The van der Waals surface area contributed by atoms with Crippen LogP contribution in [0.25, 0.3) is 6.08 Å². The molecule has 0 unspecified atom stereocenters. The van der Waals surface area contributed by atoms with Crippen LogP contribution in [0.15, 0.2) is 55.9 Å². The van der Waals surface area contributed by atoms with Crippen molar-refractivity contribution >= 4 is 45.0 Å². The number of benzene rings is 2. The Morgan fingerprint density at radius 1 is 1.30 bits per heavy atom. The largest absolute Gasteiger partial charge is 0.506 e. The van der Waals surface area contributed by atoms with Crippen LogP contribution in [0.3, 0.4) is 0 Å². The lowest BCUT2D eigenvalue weighted by Crippen LogP contribution is -2.40. The zero-order valence-corrected chi connectivity index (χ0v) is 24.7. The second-order valence-corrected chi connectivity index (χ2v) is 10.9. The number of allylic oxidation sites excluding steroid dienone is 1. The quantitative estimate of drug-likeness (QED) is 0.223. The summed E-state index contributed by atoms with van der Waals surface area (Å²) in [5.41, 5.74) is 0.407. The van der Waals surface area contributed by atoms with E-state index in [1.165, 1.54) is 29.9 Å². The average molecular weight is 632 g/mol. The van der Waals surface area contributed by atoms with E-state index in [-0.39, 0.29) is 44.3 Å². The second kappa shape index (κ2) is 11.6. The molecule has 0 bridgehead atoms. The Bertz CT molecular complexity index is 1720. The minimum Gasteiger partial charge on any atom is -0.506 e. The molecule has 4 rings (SSSR count). The number of hydrogen-bond acceptors (Lipinski definition) is 10. The molecule has 0 amide bonds. The zero-order chi connectivity index (χ0) is 29.3. The van der Waals surface area contributed by atoms with Crippen LogP contribution in [0.1, 0.15) is 44.9 Å². The van der Waals surface area contributed by atoms with Crippen LogP contribution in [0.5, 0.6) is 17.2 Å². The number of nitro benzene ring substituents is 1. The first-order chi connectivity index (χ1) is 19.0. The van der Waals surface area contributed by atoms with Crippen molar-refractivity contribution in [2.45, 2.75) is 39.8 Å². The van der Waals surface area contributed by atoms with E-state index in [0.717, 1.165) is 11.3 Å². The highest BCUT2D eigenvalue weighted by Crippen LogP contribution is 2.37. The molecule has 1 N–H and O–H groups in total. The number of aromatic hydroxyl groups is 1. The average Bonchev–Trinajstić information content (AvgIpc) is 3.19. The summed E-state index contributed by atoms with van der Waals surface area (Å²) in [7, 11) is 1.49. The van der Waals surface area contributed by atoms with E-state index in [4.69, 9.17) is 14.2 Å². The van der Waals surface area contributed by atoms with Crippen LogP contribution in [-0.4, -0.2) is 40.4 Å². The third kappa shape index (κ3) is 5.52. The minimum atomic E-state index is -0.912. The van der Waals surface area contributed by atoms with Gasteiger partial charge in [0, 0.05) is 17.7 Å². The van der Waals surface area contributed by atoms with Gasteiger partial charge in [-0.05, 0) is 67.4 Å². The maximum absolute atomic E-state index is 13.8. The molecule has 11 nitrogen and oxygen atoms in total. The van der Waals surface area contributed by atoms with Gasteiger partial charge in [-0.15, -0.1) is 0 Å². The highest BCUT2D eigenvalue weighted by Gasteiger charge is 2.34. The van der Waals surface area contributed by atoms with E-state index in [2.05, 4.69) is 20.9 Å². The molecule has 0 spiro atoms. The molecule has 0 radical (unpaired) electrons. The normalized spacial score (nSPS) is 15.1. The van der Waals surface area contributed by atoms with Crippen LogP contribution in [-0.2, 0) is 9.53 Å². The molecule has 2 aromatic carbocycles. The number of thiazole rings is 1. The molecule has 0 saturated carbocycles. The summed E-state index contributed by atoms with van der Waals surface area (Å²) in [5, 5.41) is 21.9. The van der Waals surface area contributed by atoms with E-state index in [1.807, 2.05) is 13.8 Å². The third-order valence-electron chi connectivity index (χ3n) is 5.96. The van der Waals surface area contributed by atoms with E-state index in [1.54, 1.807) is 32.0 Å². The Kier molecular flexibility index (Phi) is 8.45. The van der Waals surface area contributed by atoms with Gasteiger partial charge in [-0.3, -0.25) is 19.5 Å². The maximum atomic E-state index is 13.8. The Morgan fingerprint density at radius 2 is 2.02 bits per heavy atom. The van der Waals surface area contributed by atoms with E-state index < -0.39 is 22.5 Å². The van der Waals surface area contributed by atoms with E-state index >= 15 is 0 Å². The summed E-state index contributed by atoms with van der Waals surface area (Å²) in [6, 6.07) is 6.57. The van der Waals surface area contributed by atoms with Gasteiger partial charge in [-0.1, -0.05) is 17.4 Å². The van der Waals surface area contributed by atoms with Gasteiger partial charge in [0.25, 0.3) is 11.2 Å². The standard InChI is InChI=1S/C27H26BrN3O8S/c1-6-38-26(34)22-14(4)29-27-30(23(22)15-7-8-19(39-13(2)3)20(10-15)37-5)25(33)21(40-27)11-16-9-17(31(35)36)12-18(28)24(16)32/h7-13,23,32H,6H2,1-5H3/b21-11+/t23-/m1/s1. The molecule has 1 aliphatic heterocycles. The topological polar surface area (TPSA) is 142 Å². The number of carbonyl (C=O) groups is 1. The molecule has 40 heavy (non-hydrogen) atoms. The molecule has 0 aliphatic carbocycles. The van der Waals surface area contributed by atoms with Gasteiger partial charge in [0.1, 0.15) is 5.75 Å². The highest BCUT2D eigenvalue weighted by molar-refractivity contribution is 9.10. The fourth-order valence-electron chi connectivity index (χ4n) is 4.27. The lowest BCUT2D eigenvalue weighted by Gasteiger charge is -2.25. The molecule has 210 valence electrons. The number of phenolic OH excluding ortho intramolecular Hbond substituents is 1. The number of fused-ring (bicyclic) bond motifs is 1. The first-order valence-electron chi connectivity index (χ1n) is 12.2. The number of nitro groups is 1. The zero-order valence-electron chi connectivity index (χ0n) is 22.3. The first-order valence-corrected chi connectivity index (χ1v) is 13.8. The number of phenols is 1. The van der Waals surface area contributed by atoms with Crippen molar-refractivity contribution in [3.63, 3.8) is 0 Å². The molecule has 1 aromatic heterocycles. The molecule has 13 heteroatoms. The molecule has 0 saturated heterocycles. The van der Waals surface area contributed by atoms with Gasteiger partial charge >= 0.3 is 5.97 Å². The van der Waals surface area contributed by atoms with Gasteiger partial charge in [0.15, 0.2) is 16.3 Å². The highest BCUT2D eigenvalue weighted by atomic mass is 79.9. The van der Waals surface area contributed by atoms with E-state index in [9.17, 15) is 24.8 Å². The number of non-ortho nitro benzene ring substituents is 1. The van der Waals surface area contributed by atoms with Crippen LogP contribution in [0.4, 0.5) is 5.69 Å². The summed E-state index contributed by atoms with van der Waals surface area (Å²) in [6.07, 6.45) is 1.25. The number of hydrogen-bond donors (Lipinski definition) is 1. The van der Waals surface area contributed by atoms with Crippen LogP contribution in [0.2, 0.25) is 0 Å². The minimum absolute atomic E-state index is 0.0704. The lowest BCUT2D eigenvalue weighted by molar-refractivity contribution is -0.385. The summed E-state index contributed by atoms with van der Waals surface area (Å²) in [5.74, 6) is 0.0305. The second-order valence-electron chi connectivity index (χ2n) is 9.00. The summed E-state index contributed by atoms with van der Waals surface area (Å²) in [4.78, 5) is 42.6. The summed E-state index contributed by atoms with van der Waals surface area (Å²) in [6.45, 7) is 7.23. The van der Waals surface area contributed by atoms with Crippen molar-refractivity contribution in [2.75, 3.05) is 13.7 Å². The number of esters is 1. The molecule has 1 atom stereocenters. The van der Waals surface area contributed by atoms with Crippen LogP contribution >= 0.6 is 27.3 Å². The number of halogens is 1. The van der Waals surface area contributed by atoms with Gasteiger partial charge in [-0.25, -0.2) is 9.79 Å². The van der Waals surface area contributed by atoms with Gasteiger partial charge < -0.3 is 19.3 Å². The molecule has 0 fully saturated rings. The van der Waals surface area contributed by atoms with Gasteiger partial charge in [-0.2, -0.15) is 0 Å². The molecular formula is C27H26BrN3O8S. The number of carbonyl (C=O) groups excluding carboxylic acids is 1. The van der Waals surface area contributed by atoms with Crippen molar-refractivity contribution in [3.05, 3.63) is 87.0 Å². The molecule has 1 aliphatic rings. The fraction of sp³-hybridized carbons (Fsp3) is 0.296. The van der Waals surface area contributed by atoms with Gasteiger partial charge in [0.05, 0.1) is 51.1 Å². The third-order valence-corrected chi connectivity index (χ3v) is 7.55. The SMILES string of the molecule is CCOC(=O)C1=C(C)N=c2s/c(=C/c3cc([N+](=O)[O-])cc(Br)c3O)c(=O)n2[C@@H]1c1ccc(OC(C)C)c(OC)c1. The number of nitrogens with zero attached hydrogens (tertiary/aromatic N) is 3. The fourth-order valence-corrected chi connectivity index (χ4v) is 5.78. The Morgan fingerprint density at radius 3 is 2.65 bits per heavy atom. The predicted octanol–water partition coefficient (Wildman–Crippen LogP) is 3.97. The predicted molar refractivity (Wildman–Crippen MR) is 152 cm³/mol. The van der Waals surface area contributed by atoms with Crippen molar-refractivity contribution in [2.24, 2.45) is 4.99 Å². The first kappa shape index (κ1) is 29.0. The molecule has 2 heterocycles. The Balaban J connectivity index is 1.98. The van der Waals surface area contributed by atoms with Crippen molar-refractivity contribution < 1.29 is 29.0 Å². The van der Waals surface area contributed by atoms with Crippen molar-refractivity contribution in [3.8, 4) is 17.2 Å². The Labute approximate surface area is 240 Å². The van der Waals surface area contributed by atoms with E-state index in [0.29, 0.717) is 27.6 Å². The number of aromatic nitrogens is 1. The summed E-state index contributed by atoms with van der Waals surface area (Å²) >= 11 is 4.15. The Hall–Kier alpha value is -3.97. The van der Waals surface area contributed by atoms with Crippen LogP contribution in [0, 0.1) is 10.1 Å². The summed E-state index contributed by atoms with van der Waals surface area (Å²) < 4.78 is 18.3.